The number of aliphatic carboxylic acids is 3. The molecule has 0 unspecified atom stereocenters. The van der Waals surface area contributed by atoms with Gasteiger partial charge in [0.05, 0.1) is 18.6 Å². The van der Waals surface area contributed by atoms with Gasteiger partial charge in [0, 0.05) is 37.3 Å². The number of nitrogens with one attached hydrogen (secondary N) is 8. The van der Waals surface area contributed by atoms with Crippen molar-refractivity contribution in [2.45, 2.75) is 152 Å². The lowest BCUT2D eigenvalue weighted by Gasteiger charge is -2.31. The van der Waals surface area contributed by atoms with Crippen LogP contribution in [0.4, 0.5) is 0 Å². The van der Waals surface area contributed by atoms with Crippen molar-refractivity contribution in [3.8, 4) is 5.75 Å². The third kappa shape index (κ3) is 23.0. The number of hydrogen-bond donors (Lipinski definition) is 17. The molecule has 458 valence electrons. The molecule has 0 spiro atoms. The molecule has 0 radical (unpaired) electrons. The van der Waals surface area contributed by atoms with E-state index in [4.69, 9.17) is 16.6 Å². The lowest BCUT2D eigenvalue weighted by atomic mass is 10.0. The number of aliphatic hydroxyl groups excluding tert-OH is 1. The molecule has 0 aliphatic carbocycles. The van der Waals surface area contributed by atoms with Gasteiger partial charge in [0.2, 0.25) is 53.2 Å². The van der Waals surface area contributed by atoms with Gasteiger partial charge in [0.1, 0.15) is 60.1 Å². The third-order valence-corrected chi connectivity index (χ3v) is 14.0. The van der Waals surface area contributed by atoms with E-state index < -0.39 is 162 Å². The molecular weight excluding hydrogens is 1130 g/mol. The van der Waals surface area contributed by atoms with Crippen molar-refractivity contribution in [2.24, 2.45) is 17.4 Å². The number of aromatic hydroxyl groups is 1. The zero-order chi connectivity index (χ0) is 62.1. The molecule has 1 aliphatic heterocycles. The number of carboxylic acid groups (broad SMARTS) is 3. The Morgan fingerprint density at radius 3 is 1.57 bits per heavy atom. The fraction of sp³-hybridized carbons (Fsp3) is 0.547. The molecule has 2 aromatic carbocycles. The predicted molar refractivity (Wildman–Crippen MR) is 304 cm³/mol. The summed E-state index contributed by atoms with van der Waals surface area (Å²) >= 11 is 8.42. The molecule has 2 aromatic rings. The first-order valence-electron chi connectivity index (χ1n) is 26.8. The van der Waals surface area contributed by atoms with Gasteiger partial charge < -0.3 is 84.4 Å². The number of nitrogens with zero attached hydrogens (tertiary/aromatic N) is 1. The molecule has 0 bridgehead atoms. The SMILES string of the molecule is CC(C)[C@H](NC(=O)[C@H](CS)NC(=O)[C@H](Cc1ccc(O)cc1)NC(=O)[C@H](CCCCN)NC(=O)[C@H](Cc1ccccc1)NC(=O)[C@H](CS)NC(=O)[C@H](CC(=O)O)NC(=O)[C@H]1CCCN1C(=O)[C@@H](NC(=O)[C@@H](N)CCC(=O)O)[C@@H](C)O)C(=O)O. The van der Waals surface area contributed by atoms with Gasteiger partial charge in [-0.1, -0.05) is 56.3 Å². The van der Waals surface area contributed by atoms with Crippen LogP contribution in [-0.2, 0) is 70.4 Å². The molecule has 1 saturated heterocycles. The number of nitrogens with two attached hydrogens (primary N) is 2. The van der Waals surface area contributed by atoms with Gasteiger partial charge in [-0.05, 0) is 81.2 Å². The highest BCUT2D eigenvalue weighted by Gasteiger charge is 2.42. The average molecular weight is 1200 g/mol. The minimum Gasteiger partial charge on any atom is -0.508 e. The van der Waals surface area contributed by atoms with Crippen molar-refractivity contribution >= 4 is 96.3 Å². The molecule has 30 heteroatoms. The van der Waals surface area contributed by atoms with Gasteiger partial charge in [-0.3, -0.25) is 52.7 Å². The number of rotatable bonds is 35. The Bertz CT molecular complexity index is 2580. The summed E-state index contributed by atoms with van der Waals surface area (Å²) in [6.07, 6.45) is -2.90. The highest BCUT2D eigenvalue weighted by molar-refractivity contribution is 7.80. The lowest BCUT2D eigenvalue weighted by Crippen LogP contribution is -2.61. The highest BCUT2D eigenvalue weighted by Crippen LogP contribution is 2.21. The number of hydrogen-bond acceptors (Lipinski definition) is 18. The topological polar surface area (TPSA) is 458 Å². The molecule has 11 atom stereocenters. The van der Waals surface area contributed by atoms with E-state index in [0.717, 1.165) is 4.90 Å². The number of aliphatic hydroxyl groups is 1. The van der Waals surface area contributed by atoms with Crippen LogP contribution >= 0.6 is 25.3 Å². The lowest BCUT2D eigenvalue weighted by molar-refractivity contribution is -0.145. The first kappa shape index (κ1) is 69.7. The Labute approximate surface area is 490 Å². The Hall–Kier alpha value is -7.54. The summed E-state index contributed by atoms with van der Waals surface area (Å²) in [5.74, 6) is -14.2. The predicted octanol–water partition coefficient (Wildman–Crippen LogP) is -3.18. The summed E-state index contributed by atoms with van der Waals surface area (Å²) < 4.78 is 0. The maximum atomic E-state index is 14.5. The normalized spacial score (nSPS) is 16.6. The van der Waals surface area contributed by atoms with E-state index in [-0.39, 0.29) is 69.5 Å². The van der Waals surface area contributed by atoms with Crippen LogP contribution in [0.25, 0.3) is 0 Å². The zero-order valence-electron chi connectivity index (χ0n) is 46.2. The number of phenols is 1. The molecule has 1 heterocycles. The molecule has 1 aliphatic rings. The minimum atomic E-state index is -1.88. The van der Waals surface area contributed by atoms with Gasteiger partial charge >= 0.3 is 17.9 Å². The van der Waals surface area contributed by atoms with Gasteiger partial charge in [-0.15, -0.1) is 0 Å². The maximum absolute atomic E-state index is 14.5. The van der Waals surface area contributed by atoms with Crippen molar-refractivity contribution < 1.29 is 83.1 Å². The number of phenolic OH excluding ortho intramolecular Hbond substituents is 1. The van der Waals surface area contributed by atoms with Crippen LogP contribution in [0.1, 0.15) is 83.3 Å². The van der Waals surface area contributed by atoms with E-state index in [1.54, 1.807) is 44.2 Å². The summed E-state index contributed by atoms with van der Waals surface area (Å²) in [6.45, 7) is 4.46. The molecular formula is C53H77N11O17S2. The molecule has 17 N–H and O–H groups in total. The quantitative estimate of drug-likeness (QED) is 0.0239. The first-order valence-corrected chi connectivity index (χ1v) is 28.0. The van der Waals surface area contributed by atoms with E-state index in [0.29, 0.717) is 17.5 Å². The molecule has 0 aromatic heterocycles. The molecule has 83 heavy (non-hydrogen) atoms. The van der Waals surface area contributed by atoms with E-state index in [1.165, 1.54) is 31.2 Å². The molecule has 9 amide bonds. The van der Waals surface area contributed by atoms with Crippen molar-refractivity contribution in [1.82, 2.24) is 47.4 Å². The summed E-state index contributed by atoms with van der Waals surface area (Å²) in [7, 11) is 0. The number of benzene rings is 2. The largest absolute Gasteiger partial charge is 0.508 e. The number of carboxylic acids is 3. The average Bonchev–Trinajstić information content (AvgIpc) is 4.14. The molecule has 28 nitrogen and oxygen atoms in total. The number of thiol groups is 2. The van der Waals surface area contributed by atoms with E-state index in [9.17, 15) is 78.0 Å². The van der Waals surface area contributed by atoms with Gasteiger partial charge in [0.15, 0.2) is 0 Å². The van der Waals surface area contributed by atoms with Gasteiger partial charge in [0.25, 0.3) is 0 Å². The van der Waals surface area contributed by atoms with Crippen LogP contribution in [0.2, 0.25) is 0 Å². The fourth-order valence-corrected chi connectivity index (χ4v) is 9.12. The zero-order valence-corrected chi connectivity index (χ0v) is 47.9. The highest BCUT2D eigenvalue weighted by atomic mass is 32.1. The first-order chi connectivity index (χ1) is 39.2. The van der Waals surface area contributed by atoms with E-state index in [1.807, 2.05) is 0 Å². The summed E-state index contributed by atoms with van der Waals surface area (Å²) in [5.41, 5.74) is 12.5. The third-order valence-electron chi connectivity index (χ3n) is 13.3. The van der Waals surface area contributed by atoms with E-state index >= 15 is 0 Å². The van der Waals surface area contributed by atoms with Crippen LogP contribution in [0, 0.1) is 5.92 Å². The van der Waals surface area contributed by atoms with Crippen molar-refractivity contribution in [3.63, 3.8) is 0 Å². The number of amides is 9. The smallest absolute Gasteiger partial charge is 0.326 e. The standard InChI is InChI=1S/C53H77N11O17S2/c1-27(2)42(53(80)81)62-50(77)38(26-83)61-47(74)35(23-30-14-16-31(66)17-15-30)57-45(72)33(12-7-8-20-54)56-46(73)34(22-29-10-5-4-6-11-29)58-49(76)37(25-82)60-48(75)36(24-41(69)70)59-51(78)39-13-9-21-64(39)52(79)43(28(3)65)63-44(71)32(55)18-19-40(67)68/h4-6,10-11,14-17,27-28,32-39,42-43,65-66,82-83H,7-9,12-13,18-26,54-55H2,1-3H3,(H,56,73)(H,57,72)(H,58,76)(H,59,78)(H,60,75)(H,61,74)(H,62,77)(H,63,71)(H,67,68)(H,69,70)(H,80,81)/t28-,32+,33+,34+,35+,36+,37+,38+,39-,42+,43+/m1/s1. The molecule has 1 fully saturated rings. The Kier molecular flexibility index (Phi) is 29.2. The second-order valence-corrected chi connectivity index (χ2v) is 20.9. The van der Waals surface area contributed by atoms with Crippen LogP contribution in [0.5, 0.6) is 5.75 Å². The van der Waals surface area contributed by atoms with Crippen LogP contribution in [0.3, 0.4) is 0 Å². The monoisotopic (exact) mass is 1200 g/mol. The second-order valence-electron chi connectivity index (χ2n) is 20.2. The van der Waals surface area contributed by atoms with Crippen LogP contribution in [-0.4, -0.2) is 193 Å². The number of likely N-dealkylation sites (tertiary alicyclic amines) is 1. The van der Waals surface area contributed by atoms with Crippen molar-refractivity contribution in [1.29, 1.82) is 0 Å². The van der Waals surface area contributed by atoms with Gasteiger partial charge in [-0.25, -0.2) is 4.79 Å². The van der Waals surface area contributed by atoms with Crippen LogP contribution in [0.15, 0.2) is 54.6 Å². The Morgan fingerprint density at radius 1 is 0.590 bits per heavy atom. The maximum Gasteiger partial charge on any atom is 0.326 e. The number of carbonyl (C=O) groups excluding carboxylic acids is 9. The van der Waals surface area contributed by atoms with E-state index in [2.05, 4.69) is 67.8 Å². The fourth-order valence-electron chi connectivity index (χ4n) is 8.61. The summed E-state index contributed by atoms with van der Waals surface area (Å²) in [4.78, 5) is 161. The van der Waals surface area contributed by atoms with Gasteiger partial charge in [-0.2, -0.15) is 25.3 Å². The van der Waals surface area contributed by atoms with Crippen LogP contribution < -0.4 is 54.0 Å². The second kappa shape index (κ2) is 34.8. The number of unbranched alkanes of at least 4 members (excludes halogenated alkanes) is 1. The Morgan fingerprint density at radius 2 is 1.07 bits per heavy atom. The van der Waals surface area contributed by atoms with Crippen molar-refractivity contribution in [3.05, 3.63) is 65.7 Å². The molecule has 0 saturated carbocycles. The number of carbonyl (C=O) groups is 12. The van der Waals surface area contributed by atoms with Crippen molar-refractivity contribution in [2.75, 3.05) is 24.6 Å². The summed E-state index contributed by atoms with van der Waals surface area (Å²) in [6, 6.07) is -0.976. The minimum absolute atomic E-state index is 0.00285. The molecule has 3 rings (SSSR count). The Balaban J connectivity index is 1.89. The summed E-state index contributed by atoms with van der Waals surface area (Å²) in [5, 5.41) is 68.6.